The molecule has 0 aliphatic rings. The van der Waals surface area contributed by atoms with E-state index in [0.717, 1.165) is 0 Å². The lowest BCUT2D eigenvalue weighted by molar-refractivity contribution is -0.130. The van der Waals surface area contributed by atoms with Crippen molar-refractivity contribution in [2.24, 2.45) is 4.99 Å². The van der Waals surface area contributed by atoms with Crippen molar-refractivity contribution in [1.82, 2.24) is 0 Å². The number of rotatable bonds is 4. The molecule has 0 aromatic heterocycles. The number of hydrogen-bond donors (Lipinski definition) is 0. The van der Waals surface area contributed by atoms with Crippen LogP contribution in [0.3, 0.4) is 0 Å². The van der Waals surface area contributed by atoms with Gasteiger partial charge in [0.1, 0.15) is 5.75 Å². The Kier molecular flexibility index (Phi) is 5.12. The Bertz CT molecular complexity index is 434. The molecule has 0 N–H and O–H groups in total. The van der Waals surface area contributed by atoms with E-state index in [4.69, 9.17) is 4.74 Å². The molecule has 0 unspecified atom stereocenters. The van der Waals surface area contributed by atoms with E-state index in [1.165, 1.54) is 0 Å². The number of carbonyl (C=O) groups is 1. The Labute approximate surface area is 99.5 Å². The second-order valence-electron chi connectivity index (χ2n) is 2.90. The zero-order valence-electron chi connectivity index (χ0n) is 8.84. The van der Waals surface area contributed by atoms with Crippen molar-refractivity contribution in [1.29, 1.82) is 0 Å². The monoisotopic (exact) mass is 233 g/mol. The van der Waals surface area contributed by atoms with Crippen molar-refractivity contribution >= 4 is 23.3 Å². The lowest BCUT2D eigenvalue weighted by Gasteiger charge is -2.02. The van der Waals surface area contributed by atoms with Crippen LogP contribution >= 0.6 is 12.2 Å². The van der Waals surface area contributed by atoms with Crippen LogP contribution in [0.1, 0.15) is 13.3 Å². The quantitative estimate of drug-likeness (QED) is 0.264. The molecule has 0 heterocycles. The minimum Gasteiger partial charge on any atom is -0.422 e. The Morgan fingerprint density at radius 1 is 1.50 bits per heavy atom. The van der Waals surface area contributed by atoms with E-state index < -0.39 is 5.97 Å². The van der Waals surface area contributed by atoms with Crippen molar-refractivity contribution in [3.63, 3.8) is 0 Å². The molecule has 1 aromatic rings. The third kappa shape index (κ3) is 3.77. The van der Waals surface area contributed by atoms with Crippen LogP contribution in [0.5, 0.6) is 5.75 Å². The summed E-state index contributed by atoms with van der Waals surface area (Å²) in [5.41, 5.74) is 0.182. The molecule has 0 aliphatic carbocycles. The van der Waals surface area contributed by atoms with Crippen LogP contribution in [0.15, 0.2) is 47.1 Å². The van der Waals surface area contributed by atoms with Gasteiger partial charge in [-0.2, -0.15) is 4.99 Å². The molecule has 4 heteroatoms. The first-order valence-electron chi connectivity index (χ1n) is 4.83. The molecule has 0 aliphatic heterocycles. The summed E-state index contributed by atoms with van der Waals surface area (Å²) in [6.45, 7) is 1.90. The molecule has 0 saturated carbocycles. The predicted molar refractivity (Wildman–Crippen MR) is 65.5 cm³/mol. The Hall–Kier alpha value is -1.77. The molecule has 0 amide bonds. The van der Waals surface area contributed by atoms with Gasteiger partial charge >= 0.3 is 5.97 Å². The Morgan fingerprint density at radius 2 is 2.19 bits per heavy atom. The number of thiocarbonyl (C=S) groups is 1. The van der Waals surface area contributed by atoms with Crippen molar-refractivity contribution in [3.05, 3.63) is 42.1 Å². The molecule has 0 fully saturated rings. The molecule has 82 valence electrons. The summed E-state index contributed by atoms with van der Waals surface area (Å²) in [5.74, 6) is -0.0422. The summed E-state index contributed by atoms with van der Waals surface area (Å²) in [5, 5.41) is 2.16. The van der Waals surface area contributed by atoms with Gasteiger partial charge in [0.2, 0.25) is 0 Å². The third-order valence-corrected chi connectivity index (χ3v) is 1.82. The van der Waals surface area contributed by atoms with E-state index in [1.54, 1.807) is 30.3 Å². The first-order valence-corrected chi connectivity index (χ1v) is 5.24. The van der Waals surface area contributed by atoms with Crippen molar-refractivity contribution < 1.29 is 9.53 Å². The second-order valence-corrected chi connectivity index (χ2v) is 3.09. The molecule has 0 bridgehead atoms. The minimum atomic E-state index is -0.523. The zero-order valence-corrected chi connectivity index (χ0v) is 9.66. The summed E-state index contributed by atoms with van der Waals surface area (Å²) < 4.78 is 5.09. The molecule has 16 heavy (non-hydrogen) atoms. The Morgan fingerprint density at radius 3 is 2.75 bits per heavy atom. The minimum absolute atomic E-state index is 0.182. The van der Waals surface area contributed by atoms with Gasteiger partial charge in [0, 0.05) is 0 Å². The van der Waals surface area contributed by atoms with Gasteiger partial charge in [-0.25, -0.2) is 4.79 Å². The van der Waals surface area contributed by atoms with Gasteiger partial charge in [0.05, 0.1) is 5.16 Å². The van der Waals surface area contributed by atoms with Gasteiger partial charge in [0.15, 0.2) is 5.70 Å². The van der Waals surface area contributed by atoms with Crippen molar-refractivity contribution in [3.8, 4) is 5.75 Å². The highest BCUT2D eigenvalue weighted by atomic mass is 32.1. The maximum atomic E-state index is 11.6. The van der Waals surface area contributed by atoms with Gasteiger partial charge in [0.25, 0.3) is 0 Å². The molecule has 3 nitrogen and oxygen atoms in total. The molecular weight excluding hydrogens is 222 g/mol. The van der Waals surface area contributed by atoms with E-state index >= 15 is 0 Å². The maximum Gasteiger partial charge on any atom is 0.362 e. The standard InChI is InChI=1S/C12H11NO2S/c1-2-6-11(13-9-16)12(14)15-10-7-4-3-5-8-10/h3-8H,2H2,1H3/b11-6-. The number of nitrogens with zero attached hydrogens (tertiary/aromatic N) is 1. The average molecular weight is 233 g/mol. The number of isothiocyanates is 1. The van der Waals surface area contributed by atoms with Crippen LogP contribution in [0, 0.1) is 0 Å². The van der Waals surface area contributed by atoms with E-state index in [2.05, 4.69) is 22.4 Å². The number of carbonyl (C=O) groups excluding carboxylic acids is 1. The van der Waals surface area contributed by atoms with Crippen LogP contribution < -0.4 is 4.74 Å². The zero-order chi connectivity index (χ0) is 11.8. The smallest absolute Gasteiger partial charge is 0.362 e. The largest absolute Gasteiger partial charge is 0.422 e. The summed E-state index contributed by atoms with van der Waals surface area (Å²) in [4.78, 5) is 15.3. The van der Waals surface area contributed by atoms with Gasteiger partial charge in [-0.05, 0) is 30.8 Å². The number of benzene rings is 1. The van der Waals surface area contributed by atoms with Crippen molar-refractivity contribution in [2.45, 2.75) is 13.3 Å². The van der Waals surface area contributed by atoms with Gasteiger partial charge in [-0.3, -0.25) is 0 Å². The second kappa shape index (κ2) is 6.67. The number of aliphatic imine (C=N–C) groups is 1. The first kappa shape index (κ1) is 12.3. The molecule has 0 saturated heterocycles. The van der Waals surface area contributed by atoms with Crippen LogP contribution in [-0.4, -0.2) is 11.1 Å². The normalized spacial score (nSPS) is 10.4. The molecule has 1 rings (SSSR count). The SMILES string of the molecule is CC/C=C(\N=C=S)C(=O)Oc1ccccc1. The average Bonchev–Trinajstić information content (AvgIpc) is 2.30. The van der Waals surface area contributed by atoms with Crippen LogP contribution in [-0.2, 0) is 4.79 Å². The Balaban J connectivity index is 2.78. The van der Waals surface area contributed by atoms with E-state index in [0.29, 0.717) is 12.2 Å². The lowest BCUT2D eigenvalue weighted by Crippen LogP contribution is -2.09. The van der Waals surface area contributed by atoms with E-state index in [-0.39, 0.29) is 5.70 Å². The molecule has 1 aromatic carbocycles. The molecule has 0 atom stereocenters. The summed E-state index contributed by atoms with van der Waals surface area (Å²) >= 11 is 4.46. The van der Waals surface area contributed by atoms with E-state index in [1.807, 2.05) is 13.0 Å². The number of ether oxygens (including phenoxy) is 1. The van der Waals surface area contributed by atoms with Gasteiger partial charge in [-0.1, -0.05) is 31.2 Å². The first-order chi connectivity index (χ1) is 7.77. The third-order valence-electron chi connectivity index (χ3n) is 1.73. The fraction of sp³-hybridized carbons (Fsp3) is 0.167. The van der Waals surface area contributed by atoms with Crippen LogP contribution in [0.2, 0.25) is 0 Å². The molecular formula is C12H11NO2S. The maximum absolute atomic E-state index is 11.6. The highest BCUT2D eigenvalue weighted by Gasteiger charge is 2.10. The number of para-hydroxylation sites is 1. The summed E-state index contributed by atoms with van der Waals surface area (Å²) in [7, 11) is 0. The summed E-state index contributed by atoms with van der Waals surface area (Å²) in [6.07, 6.45) is 2.32. The highest BCUT2D eigenvalue weighted by molar-refractivity contribution is 7.78. The highest BCUT2D eigenvalue weighted by Crippen LogP contribution is 2.11. The van der Waals surface area contributed by atoms with E-state index in [9.17, 15) is 4.79 Å². The topological polar surface area (TPSA) is 38.7 Å². The number of allylic oxidation sites excluding steroid dienone is 1. The van der Waals surface area contributed by atoms with Crippen LogP contribution in [0.4, 0.5) is 0 Å². The lowest BCUT2D eigenvalue weighted by atomic mass is 10.3. The van der Waals surface area contributed by atoms with Crippen molar-refractivity contribution in [2.75, 3.05) is 0 Å². The molecule has 0 spiro atoms. The fourth-order valence-corrected chi connectivity index (χ4v) is 1.16. The number of hydrogen-bond acceptors (Lipinski definition) is 4. The van der Waals surface area contributed by atoms with Gasteiger partial charge < -0.3 is 4.74 Å². The van der Waals surface area contributed by atoms with Crippen LogP contribution in [0.25, 0.3) is 0 Å². The number of esters is 1. The fourth-order valence-electron chi connectivity index (χ4n) is 1.07. The predicted octanol–water partition coefficient (Wildman–Crippen LogP) is 2.99. The van der Waals surface area contributed by atoms with Gasteiger partial charge in [-0.15, -0.1) is 0 Å². The molecule has 0 radical (unpaired) electrons. The summed E-state index contributed by atoms with van der Waals surface area (Å²) in [6, 6.07) is 8.81.